The van der Waals surface area contributed by atoms with Gasteiger partial charge in [-0.05, 0) is 41.8 Å². The molecule has 32 heavy (non-hydrogen) atoms. The standard InChI is InChI=1S/C21H26N2O7S2/c1-16(2)20(23-31(25,26)15-12-17-6-4-3-5-7-17)21(24)30-14-13-29-18-8-10-19(11-9-18)32(22,27)28/h3-12,15-16,20,23H,13-14H2,1-2H3,(H2,22,27,28)/b15-12-/t20-/m0/s1. The molecule has 0 amide bonds. The smallest absolute Gasteiger partial charge is 0.324 e. The maximum Gasteiger partial charge on any atom is 0.324 e. The lowest BCUT2D eigenvalue weighted by molar-refractivity contribution is -0.147. The Morgan fingerprint density at radius 1 is 1.00 bits per heavy atom. The van der Waals surface area contributed by atoms with Gasteiger partial charge >= 0.3 is 5.97 Å². The highest BCUT2D eigenvalue weighted by Gasteiger charge is 2.27. The van der Waals surface area contributed by atoms with Crippen molar-refractivity contribution < 1.29 is 31.1 Å². The molecule has 0 aliphatic heterocycles. The van der Waals surface area contributed by atoms with Crippen LogP contribution in [0.15, 0.2) is 64.9 Å². The van der Waals surface area contributed by atoms with Crippen LogP contribution in [0.1, 0.15) is 19.4 Å². The summed E-state index contributed by atoms with van der Waals surface area (Å²) in [5.74, 6) is -0.723. The molecule has 9 nitrogen and oxygen atoms in total. The van der Waals surface area contributed by atoms with Crippen molar-refractivity contribution in [1.82, 2.24) is 4.72 Å². The van der Waals surface area contributed by atoms with Crippen LogP contribution in [0.2, 0.25) is 0 Å². The highest BCUT2D eigenvalue weighted by atomic mass is 32.2. The van der Waals surface area contributed by atoms with Crippen molar-refractivity contribution >= 4 is 32.1 Å². The number of nitrogens with one attached hydrogen (secondary N) is 1. The molecule has 174 valence electrons. The van der Waals surface area contributed by atoms with Crippen LogP contribution in [-0.2, 0) is 29.6 Å². The number of primary sulfonamides is 1. The van der Waals surface area contributed by atoms with Crippen molar-refractivity contribution in [2.24, 2.45) is 11.1 Å². The Bertz CT molecular complexity index is 1130. The molecule has 0 spiro atoms. The molecule has 1 atom stereocenters. The largest absolute Gasteiger partial charge is 0.490 e. The number of ether oxygens (including phenoxy) is 2. The zero-order valence-corrected chi connectivity index (χ0v) is 19.3. The van der Waals surface area contributed by atoms with Gasteiger partial charge in [-0.2, -0.15) is 4.72 Å². The highest BCUT2D eigenvalue weighted by molar-refractivity contribution is 7.92. The lowest BCUT2D eigenvalue weighted by Crippen LogP contribution is -2.44. The van der Waals surface area contributed by atoms with E-state index in [1.165, 1.54) is 30.3 Å². The fraction of sp³-hybridized carbons (Fsp3) is 0.286. The topological polar surface area (TPSA) is 142 Å². The van der Waals surface area contributed by atoms with Gasteiger partial charge in [0.2, 0.25) is 20.0 Å². The van der Waals surface area contributed by atoms with Gasteiger partial charge in [0, 0.05) is 5.41 Å². The summed E-state index contributed by atoms with van der Waals surface area (Å²) in [5.41, 5.74) is 0.704. The number of benzene rings is 2. The third kappa shape index (κ3) is 8.42. The average molecular weight is 483 g/mol. The van der Waals surface area contributed by atoms with Gasteiger partial charge in [-0.1, -0.05) is 44.2 Å². The van der Waals surface area contributed by atoms with E-state index in [4.69, 9.17) is 14.6 Å². The molecule has 11 heteroatoms. The van der Waals surface area contributed by atoms with E-state index in [0.29, 0.717) is 11.3 Å². The fourth-order valence-corrected chi connectivity index (χ4v) is 4.17. The van der Waals surface area contributed by atoms with E-state index in [2.05, 4.69) is 4.72 Å². The summed E-state index contributed by atoms with van der Waals surface area (Å²) in [6, 6.07) is 13.2. The van der Waals surface area contributed by atoms with E-state index in [0.717, 1.165) is 5.41 Å². The summed E-state index contributed by atoms with van der Waals surface area (Å²) < 4.78 is 60.1. The molecule has 0 aliphatic carbocycles. The number of hydrogen-bond donors (Lipinski definition) is 2. The van der Waals surface area contributed by atoms with Gasteiger partial charge in [-0.15, -0.1) is 0 Å². The minimum atomic E-state index is -3.88. The van der Waals surface area contributed by atoms with Crippen LogP contribution < -0.4 is 14.6 Å². The first-order valence-corrected chi connectivity index (χ1v) is 12.7. The van der Waals surface area contributed by atoms with Crippen molar-refractivity contribution in [1.29, 1.82) is 0 Å². The van der Waals surface area contributed by atoms with E-state index < -0.39 is 32.1 Å². The fourth-order valence-electron chi connectivity index (χ4n) is 2.52. The second kappa shape index (κ2) is 11.2. The average Bonchev–Trinajstić information content (AvgIpc) is 2.74. The SMILES string of the molecule is CC(C)[C@H](NS(=O)(=O)/C=C\c1ccccc1)C(=O)OCCOc1ccc(S(N)(=O)=O)cc1. The predicted octanol–water partition coefficient (Wildman–Crippen LogP) is 1.87. The number of rotatable bonds is 11. The Hall–Kier alpha value is -2.73. The van der Waals surface area contributed by atoms with E-state index in [1.54, 1.807) is 38.1 Å². The van der Waals surface area contributed by atoms with Crippen LogP contribution in [0.4, 0.5) is 0 Å². The quantitative estimate of drug-likeness (QED) is 0.368. The van der Waals surface area contributed by atoms with Crippen LogP contribution in [0.5, 0.6) is 5.75 Å². The number of esters is 1. The van der Waals surface area contributed by atoms with Gasteiger partial charge in [0.05, 0.1) is 4.90 Å². The van der Waals surface area contributed by atoms with Crippen molar-refractivity contribution in [3.8, 4) is 5.75 Å². The molecule has 0 fully saturated rings. The van der Waals surface area contributed by atoms with E-state index in [-0.39, 0.29) is 24.0 Å². The molecule has 0 aliphatic rings. The summed E-state index contributed by atoms with van der Waals surface area (Å²) in [6.07, 6.45) is 1.43. The number of hydrogen-bond acceptors (Lipinski definition) is 7. The molecule has 0 aromatic heterocycles. The number of nitrogens with two attached hydrogens (primary N) is 1. The molecule has 0 saturated heterocycles. The lowest BCUT2D eigenvalue weighted by atomic mass is 10.1. The molecular formula is C21H26N2O7S2. The van der Waals surface area contributed by atoms with Gasteiger partial charge in [0.1, 0.15) is 25.0 Å². The van der Waals surface area contributed by atoms with E-state index in [1.807, 2.05) is 6.07 Å². The minimum absolute atomic E-state index is 0.00800. The van der Waals surface area contributed by atoms with Gasteiger partial charge < -0.3 is 9.47 Å². The molecule has 0 bridgehead atoms. The summed E-state index contributed by atoms with van der Waals surface area (Å²) in [4.78, 5) is 12.3. The second-order valence-electron chi connectivity index (χ2n) is 7.13. The molecule has 0 unspecified atom stereocenters. The molecule has 2 aromatic carbocycles. The summed E-state index contributed by atoms with van der Waals surface area (Å²) >= 11 is 0. The van der Waals surface area contributed by atoms with Crippen molar-refractivity contribution in [3.63, 3.8) is 0 Å². The Kier molecular flexibility index (Phi) is 8.96. The molecule has 0 radical (unpaired) electrons. The third-order valence-corrected chi connectivity index (χ3v) is 6.21. The monoisotopic (exact) mass is 482 g/mol. The van der Waals surface area contributed by atoms with Crippen LogP contribution >= 0.6 is 0 Å². The van der Waals surface area contributed by atoms with Crippen molar-refractivity contribution in [3.05, 3.63) is 65.6 Å². The Labute approximate surface area is 188 Å². The Morgan fingerprint density at radius 3 is 2.19 bits per heavy atom. The highest BCUT2D eigenvalue weighted by Crippen LogP contribution is 2.15. The van der Waals surface area contributed by atoms with Crippen molar-refractivity contribution in [2.75, 3.05) is 13.2 Å². The Morgan fingerprint density at radius 2 is 1.62 bits per heavy atom. The van der Waals surface area contributed by atoms with Crippen LogP contribution in [0, 0.1) is 5.92 Å². The number of sulfonamides is 2. The Balaban J connectivity index is 1.88. The molecule has 3 N–H and O–H groups in total. The van der Waals surface area contributed by atoms with Gasteiger partial charge in [0.25, 0.3) is 0 Å². The summed E-state index contributed by atoms with van der Waals surface area (Å²) in [7, 11) is -7.68. The molecule has 0 saturated carbocycles. The maximum absolute atomic E-state index is 12.4. The van der Waals surface area contributed by atoms with Crippen molar-refractivity contribution in [2.45, 2.75) is 24.8 Å². The summed E-state index contributed by atoms with van der Waals surface area (Å²) in [6.45, 7) is 3.25. The predicted molar refractivity (Wildman–Crippen MR) is 120 cm³/mol. The van der Waals surface area contributed by atoms with Gasteiger partial charge in [0.15, 0.2) is 0 Å². The molecule has 0 heterocycles. The second-order valence-corrected chi connectivity index (χ2v) is 10.3. The summed E-state index contributed by atoms with van der Waals surface area (Å²) in [5, 5.41) is 6.03. The zero-order chi connectivity index (χ0) is 23.8. The van der Waals surface area contributed by atoms with Crippen LogP contribution in [0.25, 0.3) is 6.08 Å². The molecule has 2 aromatic rings. The first-order valence-electron chi connectivity index (χ1n) is 9.66. The van der Waals surface area contributed by atoms with Crippen LogP contribution in [0.3, 0.4) is 0 Å². The third-order valence-electron chi connectivity index (χ3n) is 4.20. The lowest BCUT2D eigenvalue weighted by Gasteiger charge is -2.20. The molecular weight excluding hydrogens is 456 g/mol. The van der Waals surface area contributed by atoms with Crippen LogP contribution in [-0.4, -0.2) is 42.1 Å². The number of carbonyl (C=O) groups excluding carboxylic acids is 1. The first kappa shape index (κ1) is 25.5. The van der Waals surface area contributed by atoms with Gasteiger partial charge in [-0.3, -0.25) is 4.79 Å². The normalized spacial score (nSPS) is 13.2. The maximum atomic E-state index is 12.4. The van der Waals surface area contributed by atoms with E-state index >= 15 is 0 Å². The van der Waals surface area contributed by atoms with E-state index in [9.17, 15) is 21.6 Å². The van der Waals surface area contributed by atoms with Gasteiger partial charge in [-0.25, -0.2) is 22.0 Å². The molecule has 2 rings (SSSR count). The zero-order valence-electron chi connectivity index (χ0n) is 17.7. The minimum Gasteiger partial charge on any atom is -0.490 e. The first-order chi connectivity index (χ1) is 15.0. The number of carbonyl (C=O) groups is 1.